The van der Waals surface area contributed by atoms with Gasteiger partial charge in [-0.25, -0.2) is 4.98 Å². The summed E-state index contributed by atoms with van der Waals surface area (Å²) in [6.07, 6.45) is 7.29. The highest BCUT2D eigenvalue weighted by Crippen LogP contribution is 2.58. The number of hydrogen-bond acceptors (Lipinski definition) is 3. The number of anilines is 1. The lowest BCUT2D eigenvalue weighted by Crippen LogP contribution is -2.64. The molecule has 0 amide bonds. The molecule has 1 aromatic heterocycles. The summed E-state index contributed by atoms with van der Waals surface area (Å²) in [6.45, 7) is 4.89. The summed E-state index contributed by atoms with van der Waals surface area (Å²) in [5.41, 5.74) is 2.48. The minimum Gasteiger partial charge on any atom is -0.380 e. The van der Waals surface area contributed by atoms with Crippen molar-refractivity contribution in [3.63, 3.8) is 0 Å². The lowest BCUT2D eigenvalue weighted by Gasteiger charge is -2.61. The quantitative estimate of drug-likeness (QED) is 0.852. The van der Waals surface area contributed by atoms with Crippen LogP contribution in [-0.2, 0) is 4.74 Å². The molecule has 0 bridgehead atoms. The molecule has 2 saturated carbocycles. The van der Waals surface area contributed by atoms with Gasteiger partial charge in [-0.1, -0.05) is 18.0 Å². The molecule has 0 saturated heterocycles. The van der Waals surface area contributed by atoms with E-state index in [0.717, 1.165) is 24.3 Å². The van der Waals surface area contributed by atoms with Crippen LogP contribution in [-0.4, -0.2) is 23.7 Å². The lowest BCUT2D eigenvalue weighted by molar-refractivity contribution is -0.157. The highest BCUT2D eigenvalue weighted by molar-refractivity contribution is 6.30. The molecule has 0 aliphatic heterocycles. The molecule has 0 radical (unpaired) electrons. The summed E-state index contributed by atoms with van der Waals surface area (Å²) in [5.74, 6) is 0. The van der Waals surface area contributed by atoms with Crippen LogP contribution in [0.2, 0.25) is 5.15 Å². The second-order valence-electron chi connectivity index (χ2n) is 5.80. The summed E-state index contributed by atoms with van der Waals surface area (Å²) < 4.78 is 5.87. The van der Waals surface area contributed by atoms with Gasteiger partial charge in [0.25, 0.3) is 0 Å². The lowest BCUT2D eigenvalue weighted by atomic mass is 9.51. The molecule has 1 heterocycles. The zero-order valence-electron chi connectivity index (χ0n) is 11.6. The third-order valence-electron chi connectivity index (χ3n) is 4.79. The summed E-state index contributed by atoms with van der Waals surface area (Å²) in [4.78, 5) is 4.21. The number of nitrogens with zero attached hydrogens (tertiary/aromatic N) is 1. The minimum atomic E-state index is 0.379. The SMILES string of the molecule is CCOC1CC(Nc2cnc(Cl)c(C)c2)C12CCC2. The smallest absolute Gasteiger partial charge is 0.132 e. The third-order valence-corrected chi connectivity index (χ3v) is 5.19. The van der Waals surface area contributed by atoms with E-state index in [-0.39, 0.29) is 0 Å². The van der Waals surface area contributed by atoms with E-state index in [1.165, 1.54) is 19.3 Å². The van der Waals surface area contributed by atoms with Gasteiger partial charge < -0.3 is 10.1 Å². The van der Waals surface area contributed by atoms with Gasteiger partial charge in [-0.3, -0.25) is 0 Å². The van der Waals surface area contributed by atoms with E-state index in [4.69, 9.17) is 16.3 Å². The van der Waals surface area contributed by atoms with Crippen LogP contribution in [0.4, 0.5) is 5.69 Å². The molecule has 3 nitrogen and oxygen atoms in total. The van der Waals surface area contributed by atoms with E-state index in [0.29, 0.717) is 22.7 Å². The number of hydrogen-bond donors (Lipinski definition) is 1. The third kappa shape index (κ3) is 2.13. The molecule has 0 aromatic carbocycles. The monoisotopic (exact) mass is 280 g/mol. The van der Waals surface area contributed by atoms with E-state index in [2.05, 4.69) is 23.3 Å². The first kappa shape index (κ1) is 13.2. The minimum absolute atomic E-state index is 0.379. The van der Waals surface area contributed by atoms with Gasteiger partial charge in [0.1, 0.15) is 5.15 Å². The van der Waals surface area contributed by atoms with Crippen LogP contribution < -0.4 is 5.32 Å². The van der Waals surface area contributed by atoms with Crippen LogP contribution in [0.15, 0.2) is 12.3 Å². The highest BCUT2D eigenvalue weighted by atomic mass is 35.5. The summed E-state index contributed by atoms with van der Waals surface area (Å²) in [7, 11) is 0. The van der Waals surface area contributed by atoms with Crippen LogP contribution in [0.3, 0.4) is 0 Å². The fraction of sp³-hybridized carbons (Fsp3) is 0.667. The number of aryl methyl sites for hydroxylation is 1. The topological polar surface area (TPSA) is 34.1 Å². The molecular formula is C15H21ClN2O. The van der Waals surface area contributed by atoms with Crippen molar-refractivity contribution >= 4 is 17.3 Å². The van der Waals surface area contributed by atoms with Gasteiger partial charge in [-0.05, 0) is 44.7 Å². The molecule has 1 N–H and O–H groups in total. The average molecular weight is 281 g/mol. The molecule has 19 heavy (non-hydrogen) atoms. The van der Waals surface area contributed by atoms with E-state index in [1.807, 2.05) is 13.1 Å². The molecule has 2 unspecified atom stereocenters. The molecule has 2 fully saturated rings. The zero-order chi connectivity index (χ0) is 13.5. The number of ether oxygens (including phenoxy) is 1. The Morgan fingerprint density at radius 3 is 2.89 bits per heavy atom. The largest absolute Gasteiger partial charge is 0.380 e. The van der Waals surface area contributed by atoms with E-state index >= 15 is 0 Å². The van der Waals surface area contributed by atoms with Gasteiger partial charge in [-0.15, -0.1) is 0 Å². The van der Waals surface area contributed by atoms with Crippen LogP contribution in [0.5, 0.6) is 0 Å². The predicted octanol–water partition coefficient (Wildman–Crippen LogP) is 3.80. The first-order valence-electron chi connectivity index (χ1n) is 7.16. The zero-order valence-corrected chi connectivity index (χ0v) is 12.3. The average Bonchev–Trinajstić information content (AvgIpc) is 2.30. The van der Waals surface area contributed by atoms with E-state index in [9.17, 15) is 0 Å². The van der Waals surface area contributed by atoms with Gasteiger partial charge >= 0.3 is 0 Å². The van der Waals surface area contributed by atoms with Crippen molar-refractivity contribution in [3.05, 3.63) is 23.0 Å². The Balaban J connectivity index is 1.69. The summed E-state index contributed by atoms with van der Waals surface area (Å²) in [5, 5.41) is 4.21. The Kier molecular flexibility index (Phi) is 3.44. The van der Waals surface area contributed by atoms with Gasteiger partial charge in [0.05, 0.1) is 18.0 Å². The van der Waals surface area contributed by atoms with Crippen molar-refractivity contribution in [1.82, 2.24) is 4.98 Å². The van der Waals surface area contributed by atoms with Gasteiger partial charge in [0.2, 0.25) is 0 Å². The standard InChI is InChI=1S/C15H21ClN2O/c1-3-19-13-8-12(15(13)5-4-6-15)18-11-7-10(2)14(16)17-9-11/h7,9,12-13,18H,3-6,8H2,1-2H3. The second kappa shape index (κ2) is 4.95. The first-order valence-corrected chi connectivity index (χ1v) is 7.54. The molecule has 104 valence electrons. The van der Waals surface area contributed by atoms with Crippen LogP contribution in [0.1, 0.15) is 38.2 Å². The van der Waals surface area contributed by atoms with Crippen molar-refractivity contribution in [1.29, 1.82) is 0 Å². The van der Waals surface area contributed by atoms with Gasteiger partial charge in [0.15, 0.2) is 0 Å². The molecule has 1 aromatic rings. The molecule has 2 aliphatic carbocycles. The van der Waals surface area contributed by atoms with Gasteiger partial charge in [-0.2, -0.15) is 0 Å². The Hall–Kier alpha value is -0.800. The molecule has 1 spiro atoms. The highest BCUT2D eigenvalue weighted by Gasteiger charge is 2.58. The molecular weight excluding hydrogens is 260 g/mol. The Labute approximate surface area is 119 Å². The maximum absolute atomic E-state index is 5.97. The van der Waals surface area contributed by atoms with Crippen molar-refractivity contribution in [2.45, 2.75) is 51.7 Å². The number of halogens is 1. The first-order chi connectivity index (χ1) is 9.15. The fourth-order valence-electron chi connectivity index (χ4n) is 3.48. The Morgan fingerprint density at radius 1 is 1.53 bits per heavy atom. The van der Waals surface area contributed by atoms with Gasteiger partial charge in [0, 0.05) is 18.1 Å². The van der Waals surface area contributed by atoms with Crippen LogP contribution >= 0.6 is 11.6 Å². The van der Waals surface area contributed by atoms with Crippen molar-refractivity contribution in [2.75, 3.05) is 11.9 Å². The fourth-order valence-corrected chi connectivity index (χ4v) is 3.58. The maximum Gasteiger partial charge on any atom is 0.132 e. The Bertz CT molecular complexity index is 473. The van der Waals surface area contributed by atoms with Crippen LogP contribution in [0, 0.1) is 12.3 Å². The molecule has 3 rings (SSSR count). The van der Waals surface area contributed by atoms with Crippen molar-refractivity contribution in [3.8, 4) is 0 Å². The van der Waals surface area contributed by atoms with Crippen LogP contribution in [0.25, 0.3) is 0 Å². The Morgan fingerprint density at radius 2 is 2.32 bits per heavy atom. The van der Waals surface area contributed by atoms with E-state index < -0.39 is 0 Å². The maximum atomic E-state index is 5.97. The normalized spacial score (nSPS) is 27.7. The second-order valence-corrected chi connectivity index (χ2v) is 6.15. The van der Waals surface area contributed by atoms with Crippen molar-refractivity contribution < 1.29 is 4.74 Å². The summed E-state index contributed by atoms with van der Waals surface area (Å²) in [6, 6.07) is 2.61. The number of rotatable bonds is 4. The van der Waals surface area contributed by atoms with Crippen molar-refractivity contribution in [2.24, 2.45) is 5.41 Å². The molecule has 2 aliphatic rings. The molecule has 2 atom stereocenters. The number of aromatic nitrogens is 1. The number of nitrogens with one attached hydrogen (secondary N) is 1. The predicted molar refractivity (Wildman–Crippen MR) is 77.7 cm³/mol. The summed E-state index contributed by atoms with van der Waals surface area (Å²) >= 11 is 5.97. The molecule has 4 heteroatoms. The van der Waals surface area contributed by atoms with E-state index in [1.54, 1.807) is 0 Å². The number of pyridine rings is 1.